The summed E-state index contributed by atoms with van der Waals surface area (Å²) in [7, 11) is 0. The van der Waals surface area contributed by atoms with Crippen molar-refractivity contribution in [2.45, 2.75) is 6.92 Å². The van der Waals surface area contributed by atoms with Gasteiger partial charge < -0.3 is 10.3 Å². The lowest BCUT2D eigenvalue weighted by atomic mass is 10.2. The van der Waals surface area contributed by atoms with E-state index in [9.17, 15) is 9.18 Å². The van der Waals surface area contributed by atoms with Gasteiger partial charge in [-0.3, -0.25) is 4.79 Å². The van der Waals surface area contributed by atoms with Crippen LogP contribution in [0, 0.1) is 16.3 Å². The summed E-state index contributed by atoms with van der Waals surface area (Å²) < 4.78 is 14.0. The molecule has 2 aromatic rings. The van der Waals surface area contributed by atoms with Crippen LogP contribution < -0.4 is 10.9 Å². The number of anilines is 2. The molecule has 0 aliphatic carbocycles. The minimum atomic E-state index is -0.372. The van der Waals surface area contributed by atoms with Crippen LogP contribution in [0.3, 0.4) is 0 Å². The highest BCUT2D eigenvalue weighted by molar-refractivity contribution is 14.1. The number of rotatable bonds is 2. The first-order chi connectivity index (χ1) is 8.08. The van der Waals surface area contributed by atoms with Crippen LogP contribution in [0.1, 0.15) is 5.56 Å². The van der Waals surface area contributed by atoms with Gasteiger partial charge in [0, 0.05) is 0 Å². The number of aromatic amines is 1. The van der Waals surface area contributed by atoms with Gasteiger partial charge in [0.05, 0.1) is 12.0 Å². The van der Waals surface area contributed by atoms with Gasteiger partial charge in [-0.2, -0.15) is 0 Å². The molecule has 0 amide bonds. The van der Waals surface area contributed by atoms with Gasteiger partial charge in [-0.15, -0.1) is 0 Å². The molecule has 0 aliphatic heterocycles. The standard InChI is InChI=1S/C11H9FIN3O/c1-6-2-3-8(7(12)4-6)16-10-9(13)11(17)15-5-14-10/h2-5H,1H3,(H2,14,15,16,17). The Morgan fingerprint density at radius 3 is 2.94 bits per heavy atom. The number of aromatic nitrogens is 2. The molecule has 0 saturated carbocycles. The van der Waals surface area contributed by atoms with Crippen molar-refractivity contribution in [1.82, 2.24) is 9.97 Å². The molecule has 0 bridgehead atoms. The molecule has 0 saturated heterocycles. The molecule has 0 radical (unpaired) electrons. The monoisotopic (exact) mass is 345 g/mol. The van der Waals surface area contributed by atoms with E-state index >= 15 is 0 Å². The molecule has 4 nitrogen and oxygen atoms in total. The second kappa shape index (κ2) is 4.82. The smallest absolute Gasteiger partial charge is 0.266 e. The number of hydrogen-bond donors (Lipinski definition) is 2. The molecule has 1 heterocycles. The number of hydrogen-bond acceptors (Lipinski definition) is 3. The van der Waals surface area contributed by atoms with Gasteiger partial charge in [0.25, 0.3) is 5.56 Å². The SMILES string of the molecule is Cc1ccc(Nc2nc[nH]c(=O)c2I)c(F)c1. The zero-order valence-corrected chi connectivity index (χ0v) is 11.1. The molecule has 17 heavy (non-hydrogen) atoms. The van der Waals surface area contributed by atoms with E-state index in [1.165, 1.54) is 12.4 Å². The minimum Gasteiger partial charge on any atom is -0.337 e. The van der Waals surface area contributed by atoms with Gasteiger partial charge in [-0.25, -0.2) is 9.37 Å². The Balaban J connectivity index is 2.38. The Morgan fingerprint density at radius 2 is 2.24 bits per heavy atom. The zero-order valence-electron chi connectivity index (χ0n) is 8.92. The van der Waals surface area contributed by atoms with Crippen molar-refractivity contribution in [2.24, 2.45) is 0 Å². The Kier molecular flexibility index (Phi) is 3.41. The molecule has 0 unspecified atom stereocenters. The summed E-state index contributed by atoms with van der Waals surface area (Å²) >= 11 is 1.86. The van der Waals surface area contributed by atoms with Crippen molar-refractivity contribution in [3.63, 3.8) is 0 Å². The fraction of sp³-hybridized carbons (Fsp3) is 0.0909. The molecular weight excluding hydrogens is 336 g/mol. The van der Waals surface area contributed by atoms with Crippen molar-refractivity contribution < 1.29 is 4.39 Å². The van der Waals surface area contributed by atoms with Crippen LogP contribution in [-0.2, 0) is 0 Å². The molecular formula is C11H9FIN3O. The van der Waals surface area contributed by atoms with E-state index in [0.29, 0.717) is 15.1 Å². The fourth-order valence-electron chi connectivity index (χ4n) is 1.32. The number of halogens is 2. The third kappa shape index (κ3) is 2.63. The molecule has 0 aliphatic rings. The Hall–Kier alpha value is -1.44. The maximum atomic E-state index is 13.6. The Labute approximate surface area is 110 Å². The zero-order chi connectivity index (χ0) is 12.4. The van der Waals surface area contributed by atoms with Gasteiger partial charge in [0.1, 0.15) is 9.39 Å². The maximum absolute atomic E-state index is 13.6. The third-order valence-electron chi connectivity index (χ3n) is 2.17. The lowest BCUT2D eigenvalue weighted by Crippen LogP contribution is -2.13. The molecule has 1 aromatic carbocycles. The number of nitrogens with zero attached hydrogens (tertiary/aromatic N) is 1. The highest BCUT2D eigenvalue weighted by Crippen LogP contribution is 2.20. The normalized spacial score (nSPS) is 10.3. The summed E-state index contributed by atoms with van der Waals surface area (Å²) in [5.74, 6) is -0.0278. The van der Waals surface area contributed by atoms with E-state index in [4.69, 9.17) is 0 Å². The quantitative estimate of drug-likeness (QED) is 0.823. The van der Waals surface area contributed by atoms with Gasteiger partial charge in [-0.05, 0) is 47.2 Å². The van der Waals surface area contributed by atoms with E-state index in [1.807, 2.05) is 29.5 Å². The second-order valence-electron chi connectivity index (χ2n) is 3.50. The largest absolute Gasteiger partial charge is 0.337 e. The van der Waals surface area contributed by atoms with Crippen molar-refractivity contribution in [3.05, 3.63) is 49.8 Å². The highest BCUT2D eigenvalue weighted by atomic mass is 127. The number of nitrogens with one attached hydrogen (secondary N) is 2. The lowest BCUT2D eigenvalue weighted by Gasteiger charge is -2.08. The van der Waals surface area contributed by atoms with Gasteiger partial charge in [0.2, 0.25) is 0 Å². The number of benzene rings is 1. The average molecular weight is 345 g/mol. The third-order valence-corrected chi connectivity index (χ3v) is 3.17. The molecule has 0 atom stereocenters. The van der Waals surface area contributed by atoms with Crippen molar-refractivity contribution >= 4 is 34.1 Å². The van der Waals surface area contributed by atoms with Crippen LogP contribution >= 0.6 is 22.6 Å². The van der Waals surface area contributed by atoms with Crippen LogP contribution in [0.4, 0.5) is 15.9 Å². The van der Waals surface area contributed by atoms with E-state index in [0.717, 1.165) is 5.56 Å². The van der Waals surface area contributed by atoms with E-state index < -0.39 is 0 Å². The first-order valence-electron chi connectivity index (χ1n) is 4.84. The van der Waals surface area contributed by atoms with Crippen LogP contribution in [0.25, 0.3) is 0 Å². The van der Waals surface area contributed by atoms with Crippen LogP contribution in [0.15, 0.2) is 29.3 Å². The first kappa shape index (κ1) is 12.0. The predicted molar refractivity (Wildman–Crippen MR) is 72.0 cm³/mol. The molecule has 88 valence electrons. The highest BCUT2D eigenvalue weighted by Gasteiger charge is 2.08. The molecule has 1 aromatic heterocycles. The summed E-state index contributed by atoms with van der Waals surface area (Å²) in [4.78, 5) is 17.7. The van der Waals surface area contributed by atoms with E-state index in [2.05, 4.69) is 15.3 Å². The fourth-order valence-corrected chi connectivity index (χ4v) is 1.75. The molecule has 6 heteroatoms. The van der Waals surface area contributed by atoms with E-state index in [1.54, 1.807) is 12.1 Å². The van der Waals surface area contributed by atoms with Crippen molar-refractivity contribution in [1.29, 1.82) is 0 Å². The second-order valence-corrected chi connectivity index (χ2v) is 4.58. The van der Waals surface area contributed by atoms with Gasteiger partial charge in [-0.1, -0.05) is 6.07 Å². The molecule has 2 rings (SSSR count). The van der Waals surface area contributed by atoms with Crippen molar-refractivity contribution in [2.75, 3.05) is 5.32 Å². The predicted octanol–water partition coefficient (Wildman–Crippen LogP) is 2.57. The molecule has 0 spiro atoms. The summed E-state index contributed by atoms with van der Waals surface area (Å²) in [6, 6.07) is 4.82. The summed E-state index contributed by atoms with van der Waals surface area (Å²) in [6.45, 7) is 1.81. The van der Waals surface area contributed by atoms with E-state index in [-0.39, 0.29) is 11.4 Å². The van der Waals surface area contributed by atoms with Crippen LogP contribution in [-0.4, -0.2) is 9.97 Å². The topological polar surface area (TPSA) is 57.8 Å². The summed E-state index contributed by atoms with van der Waals surface area (Å²) in [6.07, 6.45) is 1.28. The number of aryl methyl sites for hydroxylation is 1. The number of H-pyrrole nitrogens is 1. The molecule has 2 N–H and O–H groups in total. The summed E-state index contributed by atoms with van der Waals surface area (Å²) in [5.41, 5.74) is 0.879. The van der Waals surface area contributed by atoms with Crippen LogP contribution in [0.2, 0.25) is 0 Å². The maximum Gasteiger partial charge on any atom is 0.266 e. The lowest BCUT2D eigenvalue weighted by molar-refractivity contribution is 0.630. The minimum absolute atomic E-state index is 0.254. The van der Waals surface area contributed by atoms with Crippen molar-refractivity contribution in [3.8, 4) is 0 Å². The average Bonchev–Trinajstić information content (AvgIpc) is 2.28. The Bertz CT molecular complexity index is 612. The summed E-state index contributed by atoms with van der Waals surface area (Å²) in [5, 5.41) is 2.79. The van der Waals surface area contributed by atoms with Gasteiger partial charge >= 0.3 is 0 Å². The van der Waals surface area contributed by atoms with Crippen LogP contribution in [0.5, 0.6) is 0 Å². The first-order valence-corrected chi connectivity index (χ1v) is 5.92. The Morgan fingerprint density at radius 1 is 1.47 bits per heavy atom. The molecule has 0 fully saturated rings. The van der Waals surface area contributed by atoms with Gasteiger partial charge in [0.15, 0.2) is 5.82 Å².